The molecule has 2 rings (SSSR count). The molecule has 0 aromatic rings. The average molecular weight is 296 g/mol. The van der Waals surface area contributed by atoms with Crippen LogP contribution in [0.5, 0.6) is 0 Å². The lowest BCUT2D eigenvalue weighted by molar-refractivity contribution is -0.142. The van der Waals surface area contributed by atoms with Gasteiger partial charge in [-0.05, 0) is 43.4 Å². The van der Waals surface area contributed by atoms with Crippen molar-refractivity contribution in [3.05, 3.63) is 0 Å². The van der Waals surface area contributed by atoms with E-state index in [0.29, 0.717) is 12.0 Å². The van der Waals surface area contributed by atoms with Crippen LogP contribution in [-0.2, 0) is 4.79 Å². The number of nitrogens with one attached hydrogen (secondary N) is 1. The first-order chi connectivity index (χ1) is 9.89. The van der Waals surface area contributed by atoms with Gasteiger partial charge in [0.25, 0.3) is 0 Å². The van der Waals surface area contributed by atoms with Crippen LogP contribution in [-0.4, -0.2) is 41.6 Å². The molecule has 2 unspecified atom stereocenters. The number of rotatable bonds is 3. The molecule has 2 aliphatic rings. The Morgan fingerprint density at radius 3 is 2.67 bits per heavy atom. The van der Waals surface area contributed by atoms with Crippen LogP contribution < -0.4 is 5.32 Å². The number of aliphatic carboxylic acids is 1. The minimum atomic E-state index is -0.719. The van der Waals surface area contributed by atoms with E-state index in [4.69, 9.17) is 5.11 Å². The first-order valence-corrected chi connectivity index (χ1v) is 8.15. The standard InChI is InChI=1S/C16H28N2O3/c1-16(2)7-4-9-18(10-8-16)15(21)17-11-12-5-3-6-13(12)14(19)20/h12-13H,3-11H2,1-2H3,(H,17,21)(H,19,20). The third-order valence-corrected chi connectivity index (χ3v) is 5.12. The first-order valence-electron chi connectivity index (χ1n) is 8.15. The Balaban J connectivity index is 1.80. The van der Waals surface area contributed by atoms with Gasteiger partial charge in [0.15, 0.2) is 0 Å². The minimum Gasteiger partial charge on any atom is -0.481 e. The average Bonchev–Trinajstić information content (AvgIpc) is 2.80. The predicted octanol–water partition coefficient (Wildman–Crippen LogP) is 2.71. The fourth-order valence-corrected chi connectivity index (χ4v) is 3.56. The molecule has 1 aliphatic carbocycles. The summed E-state index contributed by atoms with van der Waals surface area (Å²) in [6.07, 6.45) is 5.83. The lowest BCUT2D eigenvalue weighted by atomic mass is 9.85. The molecule has 1 heterocycles. The van der Waals surface area contributed by atoms with E-state index in [2.05, 4.69) is 19.2 Å². The Bertz CT molecular complexity index is 395. The van der Waals surface area contributed by atoms with Crippen molar-refractivity contribution in [2.24, 2.45) is 17.3 Å². The summed E-state index contributed by atoms with van der Waals surface area (Å²) in [5.74, 6) is -0.911. The molecule has 21 heavy (non-hydrogen) atoms. The van der Waals surface area contributed by atoms with Crippen molar-refractivity contribution in [2.75, 3.05) is 19.6 Å². The van der Waals surface area contributed by atoms with Crippen molar-refractivity contribution in [1.82, 2.24) is 10.2 Å². The highest BCUT2D eigenvalue weighted by Crippen LogP contribution is 2.32. The van der Waals surface area contributed by atoms with Crippen LogP contribution in [0.3, 0.4) is 0 Å². The molecule has 1 aliphatic heterocycles. The van der Waals surface area contributed by atoms with Crippen molar-refractivity contribution >= 4 is 12.0 Å². The molecule has 2 amide bonds. The molecule has 0 spiro atoms. The third-order valence-electron chi connectivity index (χ3n) is 5.12. The van der Waals surface area contributed by atoms with E-state index in [1.807, 2.05) is 4.90 Å². The number of hydrogen-bond acceptors (Lipinski definition) is 2. The minimum absolute atomic E-state index is 0.0243. The Hall–Kier alpha value is -1.26. The maximum absolute atomic E-state index is 12.3. The summed E-state index contributed by atoms with van der Waals surface area (Å²) in [4.78, 5) is 25.3. The van der Waals surface area contributed by atoms with E-state index in [1.165, 1.54) is 0 Å². The summed E-state index contributed by atoms with van der Waals surface area (Å²) in [7, 11) is 0. The second kappa shape index (κ2) is 6.67. The van der Waals surface area contributed by atoms with E-state index >= 15 is 0 Å². The van der Waals surface area contributed by atoms with Crippen molar-refractivity contribution in [3.63, 3.8) is 0 Å². The lowest BCUT2D eigenvalue weighted by Crippen LogP contribution is -2.43. The van der Waals surface area contributed by atoms with Crippen molar-refractivity contribution in [1.29, 1.82) is 0 Å². The summed E-state index contributed by atoms with van der Waals surface area (Å²) in [6, 6.07) is -0.0243. The smallest absolute Gasteiger partial charge is 0.317 e. The number of amides is 2. The van der Waals surface area contributed by atoms with Gasteiger partial charge in [-0.1, -0.05) is 20.3 Å². The van der Waals surface area contributed by atoms with Crippen LogP contribution in [0.25, 0.3) is 0 Å². The van der Waals surface area contributed by atoms with Crippen molar-refractivity contribution < 1.29 is 14.7 Å². The van der Waals surface area contributed by atoms with Gasteiger partial charge in [0.2, 0.25) is 0 Å². The molecule has 0 aromatic carbocycles. The number of nitrogens with zero attached hydrogens (tertiary/aromatic N) is 1. The lowest BCUT2D eigenvalue weighted by Gasteiger charge is -2.24. The largest absolute Gasteiger partial charge is 0.481 e. The SMILES string of the molecule is CC1(C)CCCN(C(=O)NCC2CCCC2C(=O)O)CC1. The predicted molar refractivity (Wildman–Crippen MR) is 81.1 cm³/mol. The molecule has 2 atom stereocenters. The van der Waals surface area contributed by atoms with E-state index in [1.54, 1.807) is 0 Å². The summed E-state index contributed by atoms with van der Waals surface area (Å²) < 4.78 is 0. The van der Waals surface area contributed by atoms with Gasteiger partial charge in [-0.2, -0.15) is 0 Å². The van der Waals surface area contributed by atoms with Gasteiger partial charge in [0, 0.05) is 19.6 Å². The topological polar surface area (TPSA) is 69.6 Å². The zero-order chi connectivity index (χ0) is 15.5. The quantitative estimate of drug-likeness (QED) is 0.841. The second-order valence-electron chi connectivity index (χ2n) is 7.33. The normalized spacial score (nSPS) is 29.0. The van der Waals surface area contributed by atoms with Gasteiger partial charge in [0.1, 0.15) is 0 Å². The number of carbonyl (C=O) groups is 2. The van der Waals surface area contributed by atoms with Crippen LogP contribution in [0, 0.1) is 17.3 Å². The molecule has 2 N–H and O–H groups in total. The molecule has 0 bridgehead atoms. The number of likely N-dealkylation sites (tertiary alicyclic amines) is 1. The molecule has 5 heteroatoms. The first kappa shape index (κ1) is 16.1. The van der Waals surface area contributed by atoms with Crippen LogP contribution in [0.4, 0.5) is 4.79 Å². The molecule has 5 nitrogen and oxygen atoms in total. The van der Waals surface area contributed by atoms with Crippen LogP contribution in [0.2, 0.25) is 0 Å². The molecule has 1 saturated carbocycles. The molecule has 120 valence electrons. The maximum Gasteiger partial charge on any atom is 0.317 e. The summed E-state index contributed by atoms with van der Waals surface area (Å²) in [6.45, 7) is 6.61. The Labute approximate surface area is 127 Å². The third kappa shape index (κ3) is 4.35. The van der Waals surface area contributed by atoms with Gasteiger partial charge < -0.3 is 15.3 Å². The van der Waals surface area contributed by atoms with Gasteiger partial charge >= 0.3 is 12.0 Å². The fraction of sp³-hybridized carbons (Fsp3) is 0.875. The van der Waals surface area contributed by atoms with Gasteiger partial charge in [-0.25, -0.2) is 4.79 Å². The van der Waals surface area contributed by atoms with Crippen LogP contribution >= 0.6 is 0 Å². The summed E-state index contributed by atoms with van der Waals surface area (Å²) >= 11 is 0. The number of carboxylic acids is 1. The Kier molecular flexibility index (Phi) is 5.12. The fourth-order valence-electron chi connectivity index (χ4n) is 3.56. The molecular formula is C16H28N2O3. The van der Waals surface area contributed by atoms with Gasteiger partial charge in [-0.15, -0.1) is 0 Å². The van der Waals surface area contributed by atoms with E-state index in [-0.39, 0.29) is 17.9 Å². The monoisotopic (exact) mass is 296 g/mol. The zero-order valence-corrected chi connectivity index (χ0v) is 13.2. The van der Waals surface area contributed by atoms with E-state index < -0.39 is 5.97 Å². The number of urea groups is 1. The summed E-state index contributed by atoms with van der Waals surface area (Å²) in [5.41, 5.74) is 0.314. The van der Waals surface area contributed by atoms with Crippen molar-refractivity contribution in [3.8, 4) is 0 Å². The van der Waals surface area contributed by atoms with E-state index in [9.17, 15) is 9.59 Å². The highest BCUT2D eigenvalue weighted by molar-refractivity contribution is 5.74. The number of hydrogen-bond donors (Lipinski definition) is 2. The molecule has 2 fully saturated rings. The van der Waals surface area contributed by atoms with Gasteiger partial charge in [0.05, 0.1) is 5.92 Å². The van der Waals surface area contributed by atoms with Crippen molar-refractivity contribution in [2.45, 2.75) is 52.4 Å². The molecular weight excluding hydrogens is 268 g/mol. The molecule has 0 aromatic heterocycles. The second-order valence-corrected chi connectivity index (χ2v) is 7.33. The zero-order valence-electron chi connectivity index (χ0n) is 13.2. The number of carbonyl (C=O) groups excluding carboxylic acids is 1. The number of carboxylic acid groups (broad SMARTS) is 1. The Morgan fingerprint density at radius 1 is 1.19 bits per heavy atom. The van der Waals surface area contributed by atoms with Gasteiger partial charge in [-0.3, -0.25) is 4.79 Å². The Morgan fingerprint density at radius 2 is 1.95 bits per heavy atom. The molecule has 1 saturated heterocycles. The maximum atomic E-state index is 12.3. The summed E-state index contributed by atoms with van der Waals surface area (Å²) in [5, 5.41) is 12.1. The van der Waals surface area contributed by atoms with E-state index in [0.717, 1.165) is 51.6 Å². The molecule has 0 radical (unpaired) electrons. The highest BCUT2D eigenvalue weighted by atomic mass is 16.4. The van der Waals surface area contributed by atoms with Crippen LogP contribution in [0.1, 0.15) is 52.4 Å². The van der Waals surface area contributed by atoms with Crippen LogP contribution in [0.15, 0.2) is 0 Å². The highest BCUT2D eigenvalue weighted by Gasteiger charge is 2.33.